The first-order valence-electron chi connectivity index (χ1n) is 8.13. The molecule has 136 valence electrons. The summed E-state index contributed by atoms with van der Waals surface area (Å²) in [6, 6.07) is 10.7. The third-order valence-corrected chi connectivity index (χ3v) is 3.93. The molecule has 1 fully saturated rings. The first kappa shape index (κ1) is 17.8. The third-order valence-electron chi connectivity index (χ3n) is 3.93. The lowest BCUT2D eigenvalue weighted by Gasteiger charge is -2.24. The number of nitro groups is 1. The Hall–Kier alpha value is -2.97. The molecule has 3 rings (SSSR count). The van der Waals surface area contributed by atoms with Crippen molar-refractivity contribution in [3.8, 4) is 5.75 Å². The van der Waals surface area contributed by atoms with Gasteiger partial charge in [-0.2, -0.15) is 0 Å². The van der Waals surface area contributed by atoms with E-state index < -0.39 is 17.1 Å². The van der Waals surface area contributed by atoms with Gasteiger partial charge in [0.2, 0.25) is 5.91 Å². The van der Waals surface area contributed by atoms with Crippen LogP contribution in [0, 0.1) is 10.1 Å². The highest BCUT2D eigenvalue weighted by Gasteiger charge is 2.20. The molecule has 2 N–H and O–H groups in total. The Morgan fingerprint density at radius 3 is 2.69 bits per heavy atom. The molecule has 0 radical (unpaired) electrons. The van der Waals surface area contributed by atoms with Gasteiger partial charge < -0.3 is 19.9 Å². The highest BCUT2D eigenvalue weighted by Crippen LogP contribution is 2.30. The number of phenolic OH excluding ortho intramolecular Hbond substituents is 1. The minimum absolute atomic E-state index is 0.111. The number of amides is 1. The van der Waals surface area contributed by atoms with Gasteiger partial charge in [-0.1, -0.05) is 24.3 Å². The molecule has 1 amide bonds. The highest BCUT2D eigenvalue weighted by molar-refractivity contribution is 5.94. The Kier molecular flexibility index (Phi) is 5.45. The van der Waals surface area contributed by atoms with Crippen molar-refractivity contribution in [2.45, 2.75) is 19.1 Å². The molecule has 1 aliphatic heterocycles. The predicted octanol–water partition coefficient (Wildman–Crippen LogP) is 2.92. The smallest absolute Gasteiger partial charge is 0.273 e. The van der Waals surface area contributed by atoms with E-state index >= 15 is 0 Å². The van der Waals surface area contributed by atoms with Crippen LogP contribution >= 0.6 is 0 Å². The van der Waals surface area contributed by atoms with E-state index in [1.807, 2.05) is 0 Å². The Bertz CT molecular complexity index is 817. The van der Waals surface area contributed by atoms with Crippen molar-refractivity contribution < 1.29 is 24.3 Å². The second kappa shape index (κ2) is 7.94. The van der Waals surface area contributed by atoms with E-state index in [4.69, 9.17) is 9.47 Å². The van der Waals surface area contributed by atoms with Crippen LogP contribution in [-0.4, -0.2) is 29.2 Å². The molecule has 8 nitrogen and oxygen atoms in total. The van der Waals surface area contributed by atoms with E-state index in [1.165, 1.54) is 18.2 Å². The minimum Gasteiger partial charge on any atom is -0.506 e. The molecule has 26 heavy (non-hydrogen) atoms. The van der Waals surface area contributed by atoms with Crippen LogP contribution in [0.4, 0.5) is 11.4 Å². The lowest BCUT2D eigenvalue weighted by atomic mass is 10.1. The molecule has 0 spiro atoms. The van der Waals surface area contributed by atoms with E-state index in [2.05, 4.69) is 5.32 Å². The van der Waals surface area contributed by atoms with Gasteiger partial charge in [0, 0.05) is 17.2 Å². The fourth-order valence-corrected chi connectivity index (χ4v) is 2.69. The number of carbonyl (C=O) groups is 1. The SMILES string of the molecule is O=C(Cc1ccccc1[N+](=O)[O-])Nc1cc(C2OCCCO2)ccc1O. The summed E-state index contributed by atoms with van der Waals surface area (Å²) in [6.45, 7) is 1.15. The predicted molar refractivity (Wildman–Crippen MR) is 92.8 cm³/mol. The fourth-order valence-electron chi connectivity index (χ4n) is 2.69. The van der Waals surface area contributed by atoms with Crippen molar-refractivity contribution in [2.24, 2.45) is 0 Å². The zero-order chi connectivity index (χ0) is 18.5. The second-order valence-electron chi connectivity index (χ2n) is 5.81. The summed E-state index contributed by atoms with van der Waals surface area (Å²) in [5.41, 5.74) is 1.04. The number of phenols is 1. The summed E-state index contributed by atoms with van der Waals surface area (Å²) in [4.78, 5) is 22.8. The Balaban J connectivity index is 1.74. The zero-order valence-corrected chi connectivity index (χ0v) is 13.9. The van der Waals surface area contributed by atoms with Crippen LogP contribution in [-0.2, 0) is 20.7 Å². The van der Waals surface area contributed by atoms with Gasteiger partial charge in [0.15, 0.2) is 6.29 Å². The van der Waals surface area contributed by atoms with Crippen LogP contribution in [0.3, 0.4) is 0 Å². The van der Waals surface area contributed by atoms with E-state index in [0.717, 1.165) is 6.42 Å². The molecule has 2 aromatic rings. The number of aromatic hydroxyl groups is 1. The maximum Gasteiger partial charge on any atom is 0.273 e. The molecular formula is C18H18N2O6. The monoisotopic (exact) mass is 358 g/mol. The number of benzene rings is 2. The first-order valence-corrected chi connectivity index (χ1v) is 8.13. The number of nitrogens with one attached hydrogen (secondary N) is 1. The van der Waals surface area contributed by atoms with Crippen molar-refractivity contribution in [1.29, 1.82) is 0 Å². The van der Waals surface area contributed by atoms with Crippen LogP contribution in [0.25, 0.3) is 0 Å². The maximum atomic E-state index is 12.3. The molecule has 1 saturated heterocycles. The number of ether oxygens (including phenoxy) is 2. The van der Waals surface area contributed by atoms with Gasteiger partial charge in [-0.25, -0.2) is 0 Å². The number of rotatable bonds is 5. The zero-order valence-electron chi connectivity index (χ0n) is 13.9. The molecular weight excluding hydrogens is 340 g/mol. The molecule has 2 aromatic carbocycles. The van der Waals surface area contributed by atoms with Gasteiger partial charge in [0.1, 0.15) is 5.75 Å². The van der Waals surface area contributed by atoms with E-state index in [1.54, 1.807) is 24.3 Å². The average molecular weight is 358 g/mol. The van der Waals surface area contributed by atoms with Crippen LogP contribution in [0.5, 0.6) is 5.75 Å². The second-order valence-corrected chi connectivity index (χ2v) is 5.81. The van der Waals surface area contributed by atoms with E-state index in [9.17, 15) is 20.0 Å². The molecule has 0 bridgehead atoms. The summed E-state index contributed by atoms with van der Waals surface area (Å²) in [7, 11) is 0. The number of nitro benzene ring substituents is 1. The maximum absolute atomic E-state index is 12.3. The molecule has 1 aliphatic rings. The number of nitrogens with zero attached hydrogens (tertiary/aromatic N) is 1. The molecule has 0 saturated carbocycles. The Morgan fingerprint density at radius 1 is 1.23 bits per heavy atom. The summed E-state index contributed by atoms with van der Waals surface area (Å²) >= 11 is 0. The normalized spacial score (nSPS) is 14.8. The van der Waals surface area contributed by atoms with Gasteiger partial charge >= 0.3 is 0 Å². The van der Waals surface area contributed by atoms with E-state index in [0.29, 0.717) is 24.3 Å². The molecule has 0 atom stereocenters. The molecule has 8 heteroatoms. The topological polar surface area (TPSA) is 111 Å². The van der Waals surface area contributed by atoms with Crippen molar-refractivity contribution in [3.05, 3.63) is 63.7 Å². The first-order chi connectivity index (χ1) is 12.5. The van der Waals surface area contributed by atoms with Gasteiger partial charge in [0.05, 0.1) is 30.2 Å². The standard InChI is InChI=1S/C18H18N2O6/c21-16-7-6-13(18-25-8-3-9-26-18)10-14(16)19-17(22)11-12-4-1-2-5-15(12)20(23)24/h1-2,4-7,10,18,21H,3,8-9,11H2,(H,19,22). The van der Waals surface area contributed by atoms with Gasteiger partial charge in [-0.05, 0) is 18.6 Å². The summed E-state index contributed by atoms with van der Waals surface area (Å²) in [5, 5.41) is 23.6. The third kappa shape index (κ3) is 4.16. The summed E-state index contributed by atoms with van der Waals surface area (Å²) in [6.07, 6.45) is 0.0841. The number of anilines is 1. The van der Waals surface area contributed by atoms with Crippen molar-refractivity contribution in [2.75, 3.05) is 18.5 Å². The van der Waals surface area contributed by atoms with Crippen LogP contribution in [0.15, 0.2) is 42.5 Å². The molecule has 0 aliphatic carbocycles. The lowest BCUT2D eigenvalue weighted by molar-refractivity contribution is -0.385. The van der Waals surface area contributed by atoms with Gasteiger partial charge in [-0.15, -0.1) is 0 Å². The summed E-state index contributed by atoms with van der Waals surface area (Å²) in [5.74, 6) is -0.585. The lowest BCUT2D eigenvalue weighted by Crippen LogP contribution is -2.19. The Labute approximate surface area is 149 Å². The average Bonchev–Trinajstić information content (AvgIpc) is 2.64. The number of hydrogen-bond donors (Lipinski definition) is 2. The minimum atomic E-state index is -0.546. The molecule has 0 aromatic heterocycles. The number of hydrogen-bond acceptors (Lipinski definition) is 6. The van der Waals surface area contributed by atoms with Crippen LogP contribution in [0.2, 0.25) is 0 Å². The van der Waals surface area contributed by atoms with Crippen molar-refractivity contribution >= 4 is 17.3 Å². The van der Waals surface area contributed by atoms with Crippen LogP contribution < -0.4 is 5.32 Å². The number of carbonyl (C=O) groups excluding carboxylic acids is 1. The van der Waals surface area contributed by atoms with E-state index in [-0.39, 0.29) is 23.5 Å². The number of para-hydroxylation sites is 1. The van der Waals surface area contributed by atoms with Gasteiger partial charge in [-0.3, -0.25) is 14.9 Å². The molecule has 0 unspecified atom stereocenters. The van der Waals surface area contributed by atoms with Crippen molar-refractivity contribution in [1.82, 2.24) is 0 Å². The summed E-state index contributed by atoms with van der Waals surface area (Å²) < 4.78 is 11.0. The largest absolute Gasteiger partial charge is 0.506 e. The Morgan fingerprint density at radius 2 is 1.96 bits per heavy atom. The quantitative estimate of drug-likeness (QED) is 0.483. The molecule has 1 heterocycles. The highest BCUT2D eigenvalue weighted by atomic mass is 16.7. The van der Waals surface area contributed by atoms with Crippen LogP contribution in [0.1, 0.15) is 23.8 Å². The van der Waals surface area contributed by atoms with Gasteiger partial charge in [0.25, 0.3) is 5.69 Å². The fraction of sp³-hybridized carbons (Fsp3) is 0.278. The van der Waals surface area contributed by atoms with Crippen molar-refractivity contribution in [3.63, 3.8) is 0 Å².